The molecule has 0 unspecified atom stereocenters. The number of anilines is 2. The number of halogens is 3. The second-order valence-corrected chi connectivity index (χ2v) is 11.6. The second kappa shape index (κ2) is 11.6. The van der Waals surface area contributed by atoms with E-state index in [1.165, 1.54) is 6.07 Å². The van der Waals surface area contributed by atoms with E-state index in [1.54, 1.807) is 23.0 Å². The number of rotatable bonds is 7. The van der Waals surface area contributed by atoms with Gasteiger partial charge in [0, 0.05) is 35.8 Å². The van der Waals surface area contributed by atoms with E-state index in [9.17, 15) is 18.0 Å². The quantitative estimate of drug-likeness (QED) is 0.244. The highest BCUT2D eigenvalue weighted by atomic mass is 19.4. The summed E-state index contributed by atoms with van der Waals surface area (Å²) < 4.78 is 47.8. The van der Waals surface area contributed by atoms with Crippen LogP contribution in [0.1, 0.15) is 44.9 Å². The molecule has 4 aromatic rings. The van der Waals surface area contributed by atoms with Crippen molar-refractivity contribution in [2.45, 2.75) is 45.2 Å². The van der Waals surface area contributed by atoms with Crippen LogP contribution in [-0.2, 0) is 18.6 Å². The number of hydrogen-bond acceptors (Lipinski definition) is 5. The van der Waals surface area contributed by atoms with Crippen molar-refractivity contribution in [2.24, 2.45) is 7.05 Å². The zero-order chi connectivity index (χ0) is 30.1. The maximum absolute atomic E-state index is 13.4. The Morgan fingerprint density at radius 3 is 2.38 bits per heavy atom. The normalized spacial score (nSPS) is 14.4. The Kier molecular flexibility index (Phi) is 8.14. The van der Waals surface area contributed by atoms with Crippen molar-refractivity contribution >= 4 is 28.4 Å². The third kappa shape index (κ3) is 6.67. The molecule has 42 heavy (non-hydrogen) atoms. The summed E-state index contributed by atoms with van der Waals surface area (Å²) in [4.78, 5) is 19.9. The number of nitrogens with zero attached hydrogens (tertiary/aromatic N) is 4. The number of alkyl halides is 3. The molecule has 1 aliphatic heterocycles. The van der Waals surface area contributed by atoms with Gasteiger partial charge in [-0.25, -0.2) is 9.78 Å². The molecule has 5 rings (SSSR count). The number of carbonyl (C=O) groups is 1. The van der Waals surface area contributed by atoms with Gasteiger partial charge in [-0.05, 0) is 73.5 Å². The summed E-state index contributed by atoms with van der Waals surface area (Å²) in [6, 6.07) is 11.7. The van der Waals surface area contributed by atoms with Crippen molar-refractivity contribution in [3.05, 3.63) is 66.0 Å². The maximum atomic E-state index is 13.4. The van der Waals surface area contributed by atoms with Gasteiger partial charge < -0.3 is 15.4 Å². The summed E-state index contributed by atoms with van der Waals surface area (Å²) in [5, 5.41) is 10.5. The number of benzene rings is 2. The Labute approximate surface area is 242 Å². The number of likely N-dealkylation sites (tertiary alicyclic amines) is 1. The van der Waals surface area contributed by atoms with E-state index in [-0.39, 0.29) is 16.9 Å². The number of pyridine rings is 1. The third-order valence-corrected chi connectivity index (χ3v) is 7.35. The SMILES string of the molecule is Cn1ncc2c(-c3ccc(NC(=O)Nc4cc(C(F)(F)F)ccc4OCCN4CCCC4)cc3)cc(C(C)(C)C)nc21. The molecule has 0 bridgehead atoms. The lowest BCUT2D eigenvalue weighted by Gasteiger charge is -2.19. The summed E-state index contributed by atoms with van der Waals surface area (Å²) in [5.74, 6) is 0.181. The average molecular weight is 581 g/mol. The minimum atomic E-state index is -4.56. The number of ether oxygens (including phenoxy) is 1. The van der Waals surface area contributed by atoms with Crippen LogP contribution in [0.3, 0.4) is 0 Å². The van der Waals surface area contributed by atoms with Crippen LogP contribution >= 0.6 is 0 Å². The largest absolute Gasteiger partial charge is 0.490 e. The molecule has 0 radical (unpaired) electrons. The molecule has 0 aliphatic carbocycles. The van der Waals surface area contributed by atoms with Crippen LogP contribution in [0.5, 0.6) is 5.75 Å². The lowest BCUT2D eigenvalue weighted by atomic mass is 9.89. The number of fused-ring (bicyclic) bond motifs is 1. The van der Waals surface area contributed by atoms with Crippen LogP contribution in [-0.4, -0.2) is 51.9 Å². The Morgan fingerprint density at radius 1 is 1.00 bits per heavy atom. The van der Waals surface area contributed by atoms with Gasteiger partial charge in [0.15, 0.2) is 5.65 Å². The van der Waals surface area contributed by atoms with E-state index in [2.05, 4.69) is 47.5 Å². The van der Waals surface area contributed by atoms with Gasteiger partial charge in [0.2, 0.25) is 0 Å². The topological polar surface area (TPSA) is 84.3 Å². The van der Waals surface area contributed by atoms with Crippen molar-refractivity contribution in [1.82, 2.24) is 19.7 Å². The average Bonchev–Trinajstić information content (AvgIpc) is 3.58. The van der Waals surface area contributed by atoms with Crippen molar-refractivity contribution in [3.63, 3.8) is 0 Å². The molecule has 2 N–H and O–H groups in total. The smallest absolute Gasteiger partial charge is 0.416 e. The third-order valence-electron chi connectivity index (χ3n) is 7.35. The monoisotopic (exact) mass is 580 g/mol. The highest BCUT2D eigenvalue weighted by Crippen LogP contribution is 2.36. The molecular formula is C31H35F3N6O2. The molecule has 0 atom stereocenters. The van der Waals surface area contributed by atoms with Crippen LogP contribution < -0.4 is 15.4 Å². The van der Waals surface area contributed by atoms with Crippen LogP contribution in [0.4, 0.5) is 29.3 Å². The van der Waals surface area contributed by atoms with Gasteiger partial charge in [-0.3, -0.25) is 9.58 Å². The van der Waals surface area contributed by atoms with E-state index >= 15 is 0 Å². The second-order valence-electron chi connectivity index (χ2n) is 11.6. The van der Waals surface area contributed by atoms with Gasteiger partial charge in [0.05, 0.1) is 17.4 Å². The molecule has 1 aliphatic rings. The Morgan fingerprint density at radius 2 is 1.71 bits per heavy atom. The van der Waals surface area contributed by atoms with Crippen molar-refractivity contribution in [3.8, 4) is 16.9 Å². The van der Waals surface area contributed by atoms with Gasteiger partial charge >= 0.3 is 12.2 Å². The first-order valence-corrected chi connectivity index (χ1v) is 14.0. The molecule has 2 amide bonds. The number of nitrogens with one attached hydrogen (secondary N) is 2. The fraction of sp³-hybridized carbons (Fsp3) is 0.387. The van der Waals surface area contributed by atoms with E-state index in [0.29, 0.717) is 18.8 Å². The zero-order valence-electron chi connectivity index (χ0n) is 24.2. The molecule has 2 aromatic carbocycles. The standard InChI is InChI=1S/C31H35F3N6O2/c1-30(2,3)27-18-23(24-19-35-39(4)28(24)38-27)20-7-10-22(11-8-20)36-29(41)37-25-17-21(31(32,33)34)9-12-26(25)42-16-15-40-13-5-6-14-40/h7-12,17-19H,5-6,13-16H2,1-4H3,(H2,36,37,41). The molecule has 11 heteroatoms. The molecular weight excluding hydrogens is 545 g/mol. The Hall–Kier alpha value is -4.12. The van der Waals surface area contributed by atoms with Gasteiger partial charge in [-0.1, -0.05) is 32.9 Å². The van der Waals surface area contributed by atoms with Crippen molar-refractivity contribution < 1.29 is 22.7 Å². The van der Waals surface area contributed by atoms with Crippen LogP contribution in [0, 0.1) is 0 Å². The molecule has 0 saturated carbocycles. The van der Waals surface area contributed by atoms with E-state index in [1.807, 2.05) is 19.2 Å². The van der Waals surface area contributed by atoms with Gasteiger partial charge in [-0.15, -0.1) is 0 Å². The number of amides is 2. The van der Waals surface area contributed by atoms with Crippen LogP contribution in [0.25, 0.3) is 22.2 Å². The zero-order valence-corrected chi connectivity index (χ0v) is 24.2. The molecule has 1 fully saturated rings. The van der Waals surface area contributed by atoms with E-state index < -0.39 is 17.8 Å². The summed E-state index contributed by atoms with van der Waals surface area (Å²) in [7, 11) is 1.85. The van der Waals surface area contributed by atoms with Gasteiger partial charge in [-0.2, -0.15) is 18.3 Å². The first-order chi connectivity index (χ1) is 19.9. The van der Waals surface area contributed by atoms with Crippen molar-refractivity contribution in [1.29, 1.82) is 0 Å². The summed E-state index contributed by atoms with van der Waals surface area (Å²) in [6.45, 7) is 9.23. The van der Waals surface area contributed by atoms with Crippen LogP contribution in [0.15, 0.2) is 54.7 Å². The molecule has 222 valence electrons. The predicted molar refractivity (Wildman–Crippen MR) is 158 cm³/mol. The Balaban J connectivity index is 1.32. The minimum absolute atomic E-state index is 0.0502. The predicted octanol–water partition coefficient (Wildman–Crippen LogP) is 7.07. The fourth-order valence-corrected chi connectivity index (χ4v) is 4.98. The number of urea groups is 1. The molecule has 0 spiro atoms. The van der Waals surface area contributed by atoms with E-state index in [0.717, 1.165) is 65.9 Å². The van der Waals surface area contributed by atoms with Gasteiger partial charge in [0.25, 0.3) is 0 Å². The molecule has 1 saturated heterocycles. The molecule has 2 aromatic heterocycles. The van der Waals surface area contributed by atoms with E-state index in [4.69, 9.17) is 9.72 Å². The number of aryl methyl sites for hydroxylation is 1. The summed E-state index contributed by atoms with van der Waals surface area (Å²) in [5.41, 5.74) is 2.97. The Bertz CT molecular complexity index is 1570. The first kappa shape index (κ1) is 29.4. The van der Waals surface area contributed by atoms with Gasteiger partial charge in [0.1, 0.15) is 12.4 Å². The van der Waals surface area contributed by atoms with Crippen LogP contribution in [0.2, 0.25) is 0 Å². The minimum Gasteiger partial charge on any atom is -0.490 e. The highest BCUT2D eigenvalue weighted by Gasteiger charge is 2.31. The maximum Gasteiger partial charge on any atom is 0.416 e. The lowest BCUT2D eigenvalue weighted by Crippen LogP contribution is -2.25. The summed E-state index contributed by atoms with van der Waals surface area (Å²) in [6.07, 6.45) is -0.523. The number of hydrogen-bond donors (Lipinski definition) is 2. The first-order valence-electron chi connectivity index (χ1n) is 14.0. The number of aromatic nitrogens is 3. The lowest BCUT2D eigenvalue weighted by molar-refractivity contribution is -0.137. The summed E-state index contributed by atoms with van der Waals surface area (Å²) >= 11 is 0. The molecule has 3 heterocycles. The highest BCUT2D eigenvalue weighted by molar-refractivity contribution is 6.01. The number of carbonyl (C=O) groups excluding carboxylic acids is 1. The van der Waals surface area contributed by atoms with Crippen molar-refractivity contribution in [2.75, 3.05) is 36.9 Å². The molecule has 8 nitrogen and oxygen atoms in total. The fourth-order valence-electron chi connectivity index (χ4n) is 4.98.